The van der Waals surface area contributed by atoms with E-state index in [1.807, 2.05) is 24.3 Å². The van der Waals surface area contributed by atoms with E-state index in [-0.39, 0.29) is 42.5 Å². The summed E-state index contributed by atoms with van der Waals surface area (Å²) >= 11 is 0. The number of carbonyl (C=O) groups excluding carboxylic acids is 3. The molecule has 2 atom stereocenters. The third-order valence-electron chi connectivity index (χ3n) is 5.55. The number of anilines is 1. The fourth-order valence-corrected chi connectivity index (χ4v) is 4.02. The smallest absolute Gasteiger partial charge is 0.233 e. The highest BCUT2D eigenvalue weighted by molar-refractivity contribution is 6.05. The number of hydrogen-bond acceptors (Lipinski definition) is 3. The molecule has 5 heteroatoms. The molecule has 3 rings (SSSR count). The van der Waals surface area contributed by atoms with Gasteiger partial charge in [-0.25, -0.2) is 0 Å². The summed E-state index contributed by atoms with van der Waals surface area (Å²) in [6.45, 7) is 2.35. The zero-order valence-corrected chi connectivity index (χ0v) is 15.5. The molecule has 0 radical (unpaired) electrons. The van der Waals surface area contributed by atoms with Crippen molar-refractivity contribution in [3.05, 3.63) is 29.8 Å². The number of rotatable bonds is 7. The predicted molar refractivity (Wildman–Crippen MR) is 100 cm³/mol. The van der Waals surface area contributed by atoms with Gasteiger partial charge in [-0.1, -0.05) is 38.3 Å². The van der Waals surface area contributed by atoms with Crippen LogP contribution in [0.4, 0.5) is 5.69 Å². The van der Waals surface area contributed by atoms with Crippen molar-refractivity contribution in [3.63, 3.8) is 0 Å². The van der Waals surface area contributed by atoms with Crippen LogP contribution in [0.25, 0.3) is 0 Å². The first kappa shape index (κ1) is 18.6. The van der Waals surface area contributed by atoms with Crippen molar-refractivity contribution in [2.24, 2.45) is 11.8 Å². The molecule has 1 heterocycles. The van der Waals surface area contributed by atoms with E-state index < -0.39 is 0 Å². The number of carbonyl (C=O) groups is 3. The zero-order chi connectivity index (χ0) is 18.5. The van der Waals surface area contributed by atoms with E-state index in [0.29, 0.717) is 0 Å². The molecule has 3 amide bonds. The summed E-state index contributed by atoms with van der Waals surface area (Å²) in [5.74, 6) is -0.604. The van der Waals surface area contributed by atoms with E-state index in [2.05, 4.69) is 12.2 Å². The molecule has 1 N–H and O–H groups in total. The lowest BCUT2D eigenvalue weighted by Crippen LogP contribution is -2.34. The Balaban J connectivity index is 1.49. The van der Waals surface area contributed by atoms with E-state index in [9.17, 15) is 14.4 Å². The van der Waals surface area contributed by atoms with E-state index in [0.717, 1.165) is 50.6 Å². The number of unbranched alkanes of at least 4 members (excludes halogenated alkanes) is 1. The minimum absolute atomic E-state index is 0.0761. The molecule has 1 aliphatic heterocycles. The lowest BCUT2D eigenvalue weighted by Gasteiger charge is -2.19. The molecule has 0 unspecified atom stereocenters. The first-order valence-corrected chi connectivity index (χ1v) is 9.84. The normalized spacial score (nSPS) is 22.4. The van der Waals surface area contributed by atoms with Gasteiger partial charge in [-0.05, 0) is 43.4 Å². The van der Waals surface area contributed by atoms with Gasteiger partial charge in [0.1, 0.15) is 0 Å². The Kier molecular flexibility index (Phi) is 6.07. The minimum Gasteiger partial charge on any atom is -0.326 e. The molecule has 26 heavy (non-hydrogen) atoms. The van der Waals surface area contributed by atoms with Crippen molar-refractivity contribution in [1.82, 2.24) is 4.90 Å². The van der Waals surface area contributed by atoms with Gasteiger partial charge >= 0.3 is 0 Å². The predicted octanol–water partition coefficient (Wildman–Crippen LogP) is 3.53. The molecule has 0 spiro atoms. The number of benzene rings is 1. The number of fused-ring (bicyclic) bond motifs is 1. The van der Waals surface area contributed by atoms with Crippen molar-refractivity contribution in [2.45, 2.75) is 58.3 Å². The molecule has 0 aromatic heterocycles. The number of imide groups is 1. The van der Waals surface area contributed by atoms with Crippen LogP contribution in [0, 0.1) is 11.8 Å². The van der Waals surface area contributed by atoms with Gasteiger partial charge in [0.25, 0.3) is 0 Å². The second kappa shape index (κ2) is 8.47. The highest BCUT2D eigenvalue weighted by Crippen LogP contribution is 2.37. The molecule has 1 aromatic carbocycles. The Bertz CT molecular complexity index is 644. The van der Waals surface area contributed by atoms with Crippen LogP contribution in [0.2, 0.25) is 0 Å². The minimum atomic E-state index is -0.165. The summed E-state index contributed by atoms with van der Waals surface area (Å²) in [6, 6.07) is 7.88. The second-order valence-corrected chi connectivity index (χ2v) is 7.42. The van der Waals surface area contributed by atoms with Crippen molar-refractivity contribution in [3.8, 4) is 0 Å². The summed E-state index contributed by atoms with van der Waals surface area (Å²) in [4.78, 5) is 38.3. The maximum Gasteiger partial charge on any atom is 0.233 e. The lowest BCUT2D eigenvalue weighted by atomic mass is 9.81. The van der Waals surface area contributed by atoms with Gasteiger partial charge in [0.15, 0.2) is 0 Å². The third-order valence-corrected chi connectivity index (χ3v) is 5.55. The molecule has 1 saturated heterocycles. The number of nitrogens with zero attached hydrogens (tertiary/aromatic N) is 1. The van der Waals surface area contributed by atoms with Crippen LogP contribution < -0.4 is 5.32 Å². The van der Waals surface area contributed by atoms with E-state index >= 15 is 0 Å². The molecule has 0 bridgehead atoms. The average molecular weight is 356 g/mol. The molecule has 1 saturated carbocycles. The molecule has 140 valence electrons. The Morgan fingerprint density at radius 1 is 1.08 bits per heavy atom. The van der Waals surface area contributed by atoms with Gasteiger partial charge in [0.2, 0.25) is 17.7 Å². The molecule has 2 aliphatic rings. The second-order valence-electron chi connectivity index (χ2n) is 7.42. The standard InChI is InChI=1S/C21H28N2O3/c1-2-3-6-15-9-11-16(12-10-15)22-19(24)13-14-23-20(25)17-7-4-5-8-18(17)21(23)26/h9-12,17-18H,2-8,13-14H2,1H3,(H,22,24)/t17-,18-/m1/s1. The van der Waals surface area contributed by atoms with Gasteiger partial charge in [0.05, 0.1) is 11.8 Å². The van der Waals surface area contributed by atoms with Gasteiger partial charge < -0.3 is 5.32 Å². The van der Waals surface area contributed by atoms with Crippen LogP contribution in [-0.4, -0.2) is 29.2 Å². The van der Waals surface area contributed by atoms with Crippen molar-refractivity contribution < 1.29 is 14.4 Å². The fourth-order valence-electron chi connectivity index (χ4n) is 4.02. The summed E-state index contributed by atoms with van der Waals surface area (Å²) in [5.41, 5.74) is 2.02. The van der Waals surface area contributed by atoms with Crippen molar-refractivity contribution >= 4 is 23.4 Å². The van der Waals surface area contributed by atoms with Crippen molar-refractivity contribution in [1.29, 1.82) is 0 Å². The SMILES string of the molecule is CCCCc1ccc(NC(=O)CCN2C(=O)[C@@H]3CCCC[C@H]3C2=O)cc1. The number of nitrogens with one attached hydrogen (secondary N) is 1. The average Bonchev–Trinajstić information content (AvgIpc) is 2.90. The van der Waals surface area contributed by atoms with Crippen LogP contribution in [0.5, 0.6) is 0 Å². The number of amides is 3. The topological polar surface area (TPSA) is 66.5 Å². The van der Waals surface area contributed by atoms with Crippen LogP contribution in [0.1, 0.15) is 57.4 Å². The van der Waals surface area contributed by atoms with E-state index in [1.54, 1.807) is 0 Å². The first-order valence-electron chi connectivity index (χ1n) is 9.84. The third kappa shape index (κ3) is 4.14. The fraction of sp³-hybridized carbons (Fsp3) is 0.571. The van der Waals surface area contributed by atoms with Crippen LogP contribution >= 0.6 is 0 Å². The van der Waals surface area contributed by atoms with E-state index in [4.69, 9.17) is 0 Å². The number of likely N-dealkylation sites (tertiary alicyclic amines) is 1. The van der Waals surface area contributed by atoms with Crippen molar-refractivity contribution in [2.75, 3.05) is 11.9 Å². The van der Waals surface area contributed by atoms with Gasteiger partial charge in [-0.2, -0.15) is 0 Å². The largest absolute Gasteiger partial charge is 0.326 e. The summed E-state index contributed by atoms with van der Waals surface area (Å²) < 4.78 is 0. The first-order chi connectivity index (χ1) is 12.6. The molecule has 2 fully saturated rings. The molecule has 5 nitrogen and oxygen atoms in total. The zero-order valence-electron chi connectivity index (χ0n) is 15.5. The number of hydrogen-bond donors (Lipinski definition) is 1. The van der Waals surface area contributed by atoms with Crippen LogP contribution in [0.3, 0.4) is 0 Å². The lowest BCUT2D eigenvalue weighted by molar-refractivity contribution is -0.140. The molecule has 1 aromatic rings. The Morgan fingerprint density at radius 3 is 2.27 bits per heavy atom. The summed E-state index contributed by atoms with van der Waals surface area (Å²) in [7, 11) is 0. The Hall–Kier alpha value is -2.17. The van der Waals surface area contributed by atoms with Gasteiger partial charge in [0, 0.05) is 18.7 Å². The van der Waals surface area contributed by atoms with Gasteiger partial charge in [-0.15, -0.1) is 0 Å². The summed E-state index contributed by atoms with van der Waals surface area (Å²) in [6.07, 6.45) is 7.16. The van der Waals surface area contributed by atoms with Crippen LogP contribution in [-0.2, 0) is 20.8 Å². The number of aryl methyl sites for hydroxylation is 1. The Labute approximate surface area is 155 Å². The highest BCUT2D eigenvalue weighted by Gasteiger charge is 2.47. The monoisotopic (exact) mass is 356 g/mol. The van der Waals surface area contributed by atoms with E-state index in [1.165, 1.54) is 10.5 Å². The maximum atomic E-state index is 12.4. The quantitative estimate of drug-likeness (QED) is 0.760. The highest BCUT2D eigenvalue weighted by atomic mass is 16.2. The molecular formula is C21H28N2O3. The maximum absolute atomic E-state index is 12.4. The van der Waals surface area contributed by atoms with Crippen LogP contribution in [0.15, 0.2) is 24.3 Å². The Morgan fingerprint density at radius 2 is 1.69 bits per heavy atom. The molecule has 1 aliphatic carbocycles. The summed E-state index contributed by atoms with van der Waals surface area (Å²) in [5, 5.41) is 2.85. The molecular weight excluding hydrogens is 328 g/mol. The van der Waals surface area contributed by atoms with Gasteiger partial charge in [-0.3, -0.25) is 19.3 Å².